The molecule has 0 radical (unpaired) electrons. The minimum atomic E-state index is -0.677. The number of nitrogens with zero attached hydrogens (tertiary/aromatic N) is 6. The number of anilines is 1. The predicted molar refractivity (Wildman–Crippen MR) is 132 cm³/mol. The molecule has 4 heterocycles. The highest BCUT2D eigenvalue weighted by Gasteiger charge is 2.52. The van der Waals surface area contributed by atoms with Crippen LogP contribution in [0, 0.1) is 11.3 Å². The van der Waals surface area contributed by atoms with Crippen LogP contribution in [-0.4, -0.2) is 51.5 Å². The maximum absolute atomic E-state index is 14.0. The van der Waals surface area contributed by atoms with Gasteiger partial charge in [-0.25, -0.2) is 9.78 Å². The Balaban J connectivity index is 1.50. The van der Waals surface area contributed by atoms with E-state index in [0.717, 1.165) is 28.1 Å². The molecule has 0 saturated carbocycles. The van der Waals surface area contributed by atoms with Gasteiger partial charge in [0, 0.05) is 44.3 Å². The predicted octanol–water partition coefficient (Wildman–Crippen LogP) is 3.61. The Labute approximate surface area is 208 Å². The summed E-state index contributed by atoms with van der Waals surface area (Å²) < 4.78 is 2.07. The molecule has 2 aliphatic rings. The van der Waals surface area contributed by atoms with Crippen molar-refractivity contribution in [3.05, 3.63) is 53.1 Å². The second-order valence-corrected chi connectivity index (χ2v) is 9.42. The molecule has 10 heteroatoms. The van der Waals surface area contributed by atoms with E-state index in [0.29, 0.717) is 50.3 Å². The highest BCUT2D eigenvalue weighted by Crippen LogP contribution is 2.48. The van der Waals surface area contributed by atoms with E-state index in [1.807, 2.05) is 24.3 Å². The summed E-state index contributed by atoms with van der Waals surface area (Å²) >= 11 is 6.21. The zero-order chi connectivity index (χ0) is 24.6. The molecule has 9 nitrogen and oxygen atoms in total. The first-order valence-electron chi connectivity index (χ1n) is 11.7. The molecular weight excluding hydrogens is 466 g/mol. The van der Waals surface area contributed by atoms with E-state index in [9.17, 15) is 9.59 Å². The zero-order valence-electron chi connectivity index (χ0n) is 19.5. The fourth-order valence-electron chi connectivity index (χ4n) is 5.36. The number of rotatable bonds is 5. The number of piperidine rings is 1. The molecule has 0 bridgehead atoms. The van der Waals surface area contributed by atoms with Crippen molar-refractivity contribution in [2.24, 2.45) is 0 Å². The molecule has 1 aromatic carbocycles. The van der Waals surface area contributed by atoms with E-state index in [1.165, 1.54) is 0 Å². The fourth-order valence-corrected chi connectivity index (χ4v) is 5.53. The minimum Gasteiger partial charge on any atom is -0.341 e. The Hall–Kier alpha value is -3.64. The van der Waals surface area contributed by atoms with Crippen LogP contribution in [0.2, 0.25) is 5.02 Å². The van der Waals surface area contributed by atoms with Crippen LogP contribution >= 0.6 is 11.6 Å². The summed E-state index contributed by atoms with van der Waals surface area (Å²) in [4.78, 5) is 38.8. The van der Waals surface area contributed by atoms with Gasteiger partial charge in [-0.1, -0.05) is 11.6 Å². The Morgan fingerprint density at radius 1 is 1.29 bits per heavy atom. The Kier molecular flexibility index (Phi) is 6.07. The molecule has 1 fully saturated rings. The van der Waals surface area contributed by atoms with Gasteiger partial charge in [0.15, 0.2) is 0 Å². The van der Waals surface area contributed by atoms with Crippen molar-refractivity contribution in [2.75, 3.05) is 25.0 Å². The third-order valence-corrected chi connectivity index (χ3v) is 7.37. The van der Waals surface area contributed by atoms with Crippen molar-refractivity contribution in [1.82, 2.24) is 24.8 Å². The van der Waals surface area contributed by atoms with E-state index in [4.69, 9.17) is 21.8 Å². The summed E-state index contributed by atoms with van der Waals surface area (Å²) in [6, 6.07) is 9.57. The number of aryl methyl sites for hydroxylation is 1. The number of imidazole rings is 1. The van der Waals surface area contributed by atoms with Crippen LogP contribution in [0.25, 0.3) is 11.0 Å². The second-order valence-electron chi connectivity index (χ2n) is 8.98. The van der Waals surface area contributed by atoms with E-state index in [1.54, 1.807) is 29.2 Å². The number of halogens is 1. The molecule has 1 spiro atoms. The number of nitriles is 1. The lowest BCUT2D eigenvalue weighted by Crippen LogP contribution is -2.51. The van der Waals surface area contributed by atoms with E-state index in [-0.39, 0.29) is 18.5 Å². The lowest BCUT2D eigenvalue weighted by Gasteiger charge is -2.38. The summed E-state index contributed by atoms with van der Waals surface area (Å²) in [5.41, 5.74) is 2.76. The van der Waals surface area contributed by atoms with E-state index < -0.39 is 5.41 Å². The molecule has 180 valence electrons. The number of aromatic nitrogens is 3. The van der Waals surface area contributed by atoms with Gasteiger partial charge < -0.3 is 19.7 Å². The molecule has 2 aromatic heterocycles. The number of carbonyl (C=O) groups is 2. The summed E-state index contributed by atoms with van der Waals surface area (Å²) in [6.45, 7) is 1.92. The van der Waals surface area contributed by atoms with Crippen LogP contribution in [0.15, 0.2) is 36.7 Å². The fraction of sp³-hybridized carbons (Fsp3) is 0.400. The molecule has 1 saturated heterocycles. The van der Waals surface area contributed by atoms with Crippen LogP contribution in [0.4, 0.5) is 10.5 Å². The van der Waals surface area contributed by atoms with Crippen molar-refractivity contribution in [3.63, 3.8) is 0 Å². The topological polar surface area (TPSA) is 107 Å². The zero-order valence-corrected chi connectivity index (χ0v) is 20.3. The first-order chi connectivity index (χ1) is 17.0. The van der Waals surface area contributed by atoms with Crippen molar-refractivity contribution in [3.8, 4) is 6.07 Å². The number of carbonyl (C=O) groups excluding carboxylic acids is 2. The second kappa shape index (κ2) is 9.19. The Morgan fingerprint density at radius 2 is 2.09 bits per heavy atom. The summed E-state index contributed by atoms with van der Waals surface area (Å²) in [5.74, 6) is 0.758. The number of unbranched alkanes of at least 4 members (excludes halogenated alkanes) is 1. The molecule has 2 aliphatic heterocycles. The SMILES string of the molecule is CNC(=O)N1CCC2(CC1)C(=O)N(Cc1nc3cc(Cl)ccc3n1CCCC#N)c1cnccc12. The van der Waals surface area contributed by atoms with Crippen molar-refractivity contribution in [2.45, 2.75) is 44.2 Å². The number of hydrogen-bond donors (Lipinski definition) is 1. The first-order valence-corrected chi connectivity index (χ1v) is 12.1. The van der Waals surface area contributed by atoms with Crippen LogP contribution in [0.3, 0.4) is 0 Å². The van der Waals surface area contributed by atoms with Gasteiger partial charge in [0.05, 0.1) is 40.9 Å². The largest absolute Gasteiger partial charge is 0.341 e. The summed E-state index contributed by atoms with van der Waals surface area (Å²) in [5, 5.41) is 12.3. The molecule has 1 N–H and O–H groups in total. The first kappa shape index (κ1) is 23.1. The normalized spacial score (nSPS) is 16.5. The summed E-state index contributed by atoms with van der Waals surface area (Å²) in [6.07, 6.45) is 5.70. The van der Waals surface area contributed by atoms with Gasteiger partial charge in [0.1, 0.15) is 5.82 Å². The molecule has 3 aromatic rings. The van der Waals surface area contributed by atoms with Crippen molar-refractivity contribution >= 4 is 40.3 Å². The number of urea groups is 1. The smallest absolute Gasteiger partial charge is 0.317 e. The third-order valence-electron chi connectivity index (χ3n) is 7.14. The lowest BCUT2D eigenvalue weighted by atomic mass is 9.74. The highest BCUT2D eigenvalue weighted by atomic mass is 35.5. The lowest BCUT2D eigenvalue weighted by molar-refractivity contribution is -0.124. The van der Waals surface area contributed by atoms with Crippen molar-refractivity contribution in [1.29, 1.82) is 5.26 Å². The van der Waals surface area contributed by atoms with Gasteiger partial charge in [0.2, 0.25) is 5.91 Å². The molecule has 0 unspecified atom stereocenters. The average molecular weight is 492 g/mol. The van der Waals surface area contributed by atoms with Crippen LogP contribution in [-0.2, 0) is 23.3 Å². The number of hydrogen-bond acceptors (Lipinski definition) is 5. The molecule has 3 amide bonds. The Morgan fingerprint density at radius 3 is 2.83 bits per heavy atom. The monoisotopic (exact) mass is 491 g/mol. The Bertz CT molecular complexity index is 1340. The molecular formula is C25H26ClN7O2. The van der Waals surface area contributed by atoms with Crippen LogP contribution in [0.1, 0.15) is 37.1 Å². The number of nitrogens with one attached hydrogen (secondary N) is 1. The molecule has 35 heavy (non-hydrogen) atoms. The van der Waals surface area contributed by atoms with E-state index in [2.05, 4.69) is 20.9 Å². The van der Waals surface area contributed by atoms with Gasteiger partial charge in [-0.3, -0.25) is 9.78 Å². The van der Waals surface area contributed by atoms with E-state index >= 15 is 0 Å². The molecule has 5 rings (SSSR count). The van der Waals surface area contributed by atoms with Gasteiger partial charge in [-0.15, -0.1) is 0 Å². The van der Waals surface area contributed by atoms with Gasteiger partial charge in [-0.2, -0.15) is 5.26 Å². The third kappa shape index (κ3) is 3.88. The number of benzene rings is 1. The number of pyridine rings is 1. The van der Waals surface area contributed by atoms with Crippen molar-refractivity contribution < 1.29 is 9.59 Å². The maximum atomic E-state index is 14.0. The number of likely N-dealkylation sites (tertiary alicyclic amines) is 1. The van der Waals surface area contributed by atoms with Gasteiger partial charge in [-0.05, 0) is 49.1 Å². The van der Waals surface area contributed by atoms with Gasteiger partial charge in [0.25, 0.3) is 0 Å². The number of fused-ring (bicyclic) bond motifs is 3. The van der Waals surface area contributed by atoms with Crippen LogP contribution in [0.5, 0.6) is 0 Å². The quantitative estimate of drug-likeness (QED) is 0.548. The standard InChI is InChI=1S/C25H26ClN7O2/c1-28-24(35)31-12-7-25(8-13-31)18-6-10-29-15-21(18)33(23(25)34)16-22-30-19-14-17(26)4-5-20(19)32(22)11-3-2-9-27/h4-6,10,14-15H,2-3,7-8,11-13,16H2,1H3,(H,28,35). The summed E-state index contributed by atoms with van der Waals surface area (Å²) in [7, 11) is 1.62. The van der Waals surface area contributed by atoms with Crippen LogP contribution < -0.4 is 10.2 Å². The maximum Gasteiger partial charge on any atom is 0.317 e. The molecule has 0 aliphatic carbocycles. The van der Waals surface area contributed by atoms with Gasteiger partial charge >= 0.3 is 6.03 Å². The minimum absolute atomic E-state index is 0.0192. The molecule has 0 atom stereocenters. The highest BCUT2D eigenvalue weighted by molar-refractivity contribution is 6.31. The average Bonchev–Trinajstić information content (AvgIpc) is 3.32. The number of amides is 3.